The standard InChI is InChI=1S/C17H22N4O2/c1-9(2)15-14(11(4)21-23-15)16(22)20-17-18-10(3)12-7-5-6-8-13(12)19-17/h9H,5-8H2,1-4H3,(H,18,19,20,22). The molecule has 6 heteroatoms. The molecule has 2 aromatic rings. The van der Waals surface area contributed by atoms with Crippen molar-refractivity contribution in [3.63, 3.8) is 0 Å². The van der Waals surface area contributed by atoms with Gasteiger partial charge in [-0.1, -0.05) is 19.0 Å². The van der Waals surface area contributed by atoms with Crippen molar-refractivity contribution < 1.29 is 9.32 Å². The van der Waals surface area contributed by atoms with Gasteiger partial charge in [-0.2, -0.15) is 0 Å². The summed E-state index contributed by atoms with van der Waals surface area (Å²) in [5.74, 6) is 0.781. The Morgan fingerprint density at radius 1 is 1.13 bits per heavy atom. The first-order chi connectivity index (χ1) is 11.0. The highest BCUT2D eigenvalue weighted by Gasteiger charge is 2.24. The predicted molar refractivity (Wildman–Crippen MR) is 86.7 cm³/mol. The fourth-order valence-electron chi connectivity index (χ4n) is 3.06. The molecule has 23 heavy (non-hydrogen) atoms. The highest BCUT2D eigenvalue weighted by molar-refractivity contribution is 6.04. The predicted octanol–water partition coefficient (Wildman–Crippen LogP) is 3.34. The van der Waals surface area contributed by atoms with E-state index in [-0.39, 0.29) is 11.8 Å². The second-order valence-corrected chi connectivity index (χ2v) is 6.38. The van der Waals surface area contributed by atoms with Crippen LogP contribution in [0.3, 0.4) is 0 Å². The molecule has 0 atom stereocenters. The van der Waals surface area contributed by atoms with E-state index in [1.165, 1.54) is 12.0 Å². The Morgan fingerprint density at radius 3 is 2.61 bits per heavy atom. The summed E-state index contributed by atoms with van der Waals surface area (Å²) < 4.78 is 5.28. The van der Waals surface area contributed by atoms with Gasteiger partial charge < -0.3 is 4.52 Å². The van der Waals surface area contributed by atoms with Crippen LogP contribution < -0.4 is 5.32 Å². The number of aryl methyl sites for hydroxylation is 3. The number of hydrogen-bond acceptors (Lipinski definition) is 5. The van der Waals surface area contributed by atoms with Crippen LogP contribution in [0.1, 0.15) is 71.4 Å². The van der Waals surface area contributed by atoms with Crippen molar-refractivity contribution in [2.24, 2.45) is 0 Å². The molecule has 6 nitrogen and oxygen atoms in total. The van der Waals surface area contributed by atoms with E-state index in [2.05, 4.69) is 20.4 Å². The molecule has 0 bridgehead atoms. The molecule has 122 valence electrons. The van der Waals surface area contributed by atoms with Crippen LogP contribution in [0.5, 0.6) is 0 Å². The molecule has 1 aliphatic rings. The second kappa shape index (κ2) is 6.10. The third-order valence-corrected chi connectivity index (χ3v) is 4.26. The first kappa shape index (κ1) is 15.6. The summed E-state index contributed by atoms with van der Waals surface area (Å²) in [5.41, 5.74) is 4.32. The molecule has 1 aliphatic carbocycles. The Labute approximate surface area is 135 Å². The summed E-state index contributed by atoms with van der Waals surface area (Å²) in [7, 11) is 0. The molecule has 0 aromatic carbocycles. The minimum Gasteiger partial charge on any atom is -0.360 e. The summed E-state index contributed by atoms with van der Waals surface area (Å²) >= 11 is 0. The van der Waals surface area contributed by atoms with Gasteiger partial charge in [0.25, 0.3) is 5.91 Å². The van der Waals surface area contributed by atoms with Crippen LogP contribution in [0.15, 0.2) is 4.52 Å². The molecule has 0 spiro atoms. The van der Waals surface area contributed by atoms with Crippen molar-refractivity contribution >= 4 is 11.9 Å². The van der Waals surface area contributed by atoms with E-state index in [0.29, 0.717) is 23.0 Å². The van der Waals surface area contributed by atoms with E-state index in [1.54, 1.807) is 6.92 Å². The smallest absolute Gasteiger partial charge is 0.263 e. The molecule has 2 aromatic heterocycles. The monoisotopic (exact) mass is 314 g/mol. The van der Waals surface area contributed by atoms with E-state index >= 15 is 0 Å². The normalized spacial score (nSPS) is 14.0. The Balaban J connectivity index is 1.89. The van der Waals surface area contributed by atoms with Gasteiger partial charge in [-0.3, -0.25) is 10.1 Å². The van der Waals surface area contributed by atoms with Gasteiger partial charge in [-0.25, -0.2) is 9.97 Å². The number of fused-ring (bicyclic) bond motifs is 1. The Hall–Kier alpha value is -2.24. The maximum Gasteiger partial charge on any atom is 0.263 e. The minimum absolute atomic E-state index is 0.0862. The Morgan fingerprint density at radius 2 is 1.87 bits per heavy atom. The summed E-state index contributed by atoms with van der Waals surface area (Å²) in [6.45, 7) is 7.68. The van der Waals surface area contributed by atoms with Crippen molar-refractivity contribution in [1.29, 1.82) is 0 Å². The van der Waals surface area contributed by atoms with Gasteiger partial charge in [-0.05, 0) is 45.1 Å². The maximum absolute atomic E-state index is 12.6. The van der Waals surface area contributed by atoms with Gasteiger partial charge in [0.2, 0.25) is 5.95 Å². The number of aromatic nitrogens is 3. The molecule has 0 saturated heterocycles. The molecule has 0 saturated carbocycles. The number of nitrogens with one attached hydrogen (secondary N) is 1. The molecule has 0 aliphatic heterocycles. The average molecular weight is 314 g/mol. The molecule has 2 heterocycles. The maximum atomic E-state index is 12.6. The van der Waals surface area contributed by atoms with Gasteiger partial charge in [-0.15, -0.1) is 0 Å². The van der Waals surface area contributed by atoms with Gasteiger partial charge in [0, 0.05) is 17.3 Å². The van der Waals surface area contributed by atoms with Crippen LogP contribution >= 0.6 is 0 Å². The zero-order chi connectivity index (χ0) is 16.6. The highest BCUT2D eigenvalue weighted by atomic mass is 16.5. The molecular formula is C17H22N4O2. The summed E-state index contributed by atoms with van der Waals surface area (Å²) in [6, 6.07) is 0. The first-order valence-corrected chi connectivity index (χ1v) is 8.11. The third kappa shape index (κ3) is 2.98. The lowest BCUT2D eigenvalue weighted by molar-refractivity contribution is 0.102. The van der Waals surface area contributed by atoms with Crippen molar-refractivity contribution in [2.75, 3.05) is 5.32 Å². The fraction of sp³-hybridized carbons (Fsp3) is 0.529. The zero-order valence-electron chi connectivity index (χ0n) is 14.1. The summed E-state index contributed by atoms with van der Waals surface area (Å²) in [5, 5.41) is 6.72. The second-order valence-electron chi connectivity index (χ2n) is 6.38. The van der Waals surface area contributed by atoms with Crippen LogP contribution in [0, 0.1) is 13.8 Å². The largest absolute Gasteiger partial charge is 0.360 e. The van der Waals surface area contributed by atoms with Crippen molar-refractivity contribution in [1.82, 2.24) is 15.1 Å². The van der Waals surface area contributed by atoms with E-state index < -0.39 is 0 Å². The first-order valence-electron chi connectivity index (χ1n) is 8.11. The lowest BCUT2D eigenvalue weighted by atomic mass is 9.95. The van der Waals surface area contributed by atoms with Gasteiger partial charge in [0.1, 0.15) is 5.56 Å². The third-order valence-electron chi connectivity index (χ3n) is 4.26. The van der Waals surface area contributed by atoms with Gasteiger partial charge in [0.05, 0.1) is 5.69 Å². The van der Waals surface area contributed by atoms with Crippen LogP contribution in [0.4, 0.5) is 5.95 Å². The fourth-order valence-corrected chi connectivity index (χ4v) is 3.06. The van der Waals surface area contributed by atoms with Gasteiger partial charge in [0.15, 0.2) is 5.76 Å². The van der Waals surface area contributed by atoms with E-state index in [1.807, 2.05) is 20.8 Å². The van der Waals surface area contributed by atoms with E-state index in [4.69, 9.17) is 4.52 Å². The van der Waals surface area contributed by atoms with Crippen molar-refractivity contribution in [3.05, 3.63) is 34.0 Å². The molecular weight excluding hydrogens is 292 g/mol. The summed E-state index contributed by atoms with van der Waals surface area (Å²) in [4.78, 5) is 21.6. The highest BCUT2D eigenvalue weighted by Crippen LogP contribution is 2.25. The Bertz CT molecular complexity index is 749. The number of carbonyl (C=O) groups excluding carboxylic acids is 1. The summed E-state index contributed by atoms with van der Waals surface area (Å²) in [6.07, 6.45) is 4.29. The number of anilines is 1. The van der Waals surface area contributed by atoms with Crippen LogP contribution in [0.2, 0.25) is 0 Å². The molecule has 0 unspecified atom stereocenters. The average Bonchev–Trinajstić information content (AvgIpc) is 2.89. The molecule has 1 amide bonds. The van der Waals surface area contributed by atoms with E-state index in [9.17, 15) is 4.79 Å². The van der Waals surface area contributed by atoms with Gasteiger partial charge >= 0.3 is 0 Å². The van der Waals surface area contributed by atoms with Crippen LogP contribution in [-0.4, -0.2) is 21.0 Å². The lowest BCUT2D eigenvalue weighted by Crippen LogP contribution is -2.19. The van der Waals surface area contributed by atoms with E-state index in [0.717, 1.165) is 30.7 Å². The number of amides is 1. The quantitative estimate of drug-likeness (QED) is 0.939. The van der Waals surface area contributed by atoms with Crippen LogP contribution in [-0.2, 0) is 12.8 Å². The Kier molecular flexibility index (Phi) is 4.15. The SMILES string of the molecule is Cc1nc(NC(=O)c2c(C)noc2C(C)C)nc2c1CCCC2. The van der Waals surface area contributed by atoms with Crippen molar-refractivity contribution in [3.8, 4) is 0 Å². The minimum atomic E-state index is -0.261. The number of rotatable bonds is 3. The molecule has 1 N–H and O–H groups in total. The lowest BCUT2D eigenvalue weighted by Gasteiger charge is -2.17. The molecule has 0 fully saturated rings. The molecule has 0 radical (unpaired) electrons. The topological polar surface area (TPSA) is 80.9 Å². The van der Waals surface area contributed by atoms with Crippen LogP contribution in [0.25, 0.3) is 0 Å². The van der Waals surface area contributed by atoms with Crippen molar-refractivity contribution in [2.45, 2.75) is 59.3 Å². The zero-order valence-corrected chi connectivity index (χ0v) is 14.1. The number of nitrogens with zero attached hydrogens (tertiary/aromatic N) is 3. The number of carbonyl (C=O) groups is 1. The number of hydrogen-bond donors (Lipinski definition) is 1. The molecule has 3 rings (SSSR count).